The van der Waals surface area contributed by atoms with Gasteiger partial charge in [-0.3, -0.25) is 20.4 Å². The number of nitrogens with zero attached hydrogens (tertiary/aromatic N) is 1. The maximum atomic E-state index is 13.1. The Labute approximate surface area is 186 Å². The highest BCUT2D eigenvalue weighted by atomic mass is 32.2. The Bertz CT molecular complexity index is 1090. The number of rotatable bonds is 6. The van der Waals surface area contributed by atoms with Gasteiger partial charge >= 0.3 is 0 Å². The van der Waals surface area contributed by atoms with E-state index in [-0.39, 0.29) is 24.6 Å². The van der Waals surface area contributed by atoms with E-state index < -0.39 is 33.6 Å². The SMILES string of the molecule is Cc1ccc(OCC(=O)NNC(=O)C2CCCN(S(=O)(=O)c3ccc(F)cc3)C2)cc1C. The summed E-state index contributed by atoms with van der Waals surface area (Å²) in [7, 11) is -3.84. The Kier molecular flexibility index (Phi) is 7.47. The number of carbonyl (C=O) groups is 2. The molecule has 1 atom stereocenters. The fourth-order valence-corrected chi connectivity index (χ4v) is 4.88. The number of aryl methyl sites for hydroxylation is 2. The van der Waals surface area contributed by atoms with Gasteiger partial charge in [0.2, 0.25) is 15.9 Å². The number of hydrogen-bond donors (Lipinski definition) is 2. The van der Waals surface area contributed by atoms with Crippen LogP contribution in [0.25, 0.3) is 0 Å². The summed E-state index contributed by atoms with van der Waals surface area (Å²) in [5.74, 6) is -1.63. The van der Waals surface area contributed by atoms with Gasteiger partial charge in [-0.2, -0.15) is 4.31 Å². The Balaban J connectivity index is 1.50. The highest BCUT2D eigenvalue weighted by Gasteiger charge is 2.33. The number of sulfonamides is 1. The Hall–Kier alpha value is -2.98. The van der Waals surface area contributed by atoms with Crippen LogP contribution in [0.15, 0.2) is 47.4 Å². The molecule has 0 saturated carbocycles. The molecule has 0 aliphatic carbocycles. The van der Waals surface area contributed by atoms with Crippen LogP contribution in [0.2, 0.25) is 0 Å². The van der Waals surface area contributed by atoms with Crippen molar-refractivity contribution in [1.29, 1.82) is 0 Å². The predicted molar refractivity (Wildman–Crippen MR) is 116 cm³/mol. The van der Waals surface area contributed by atoms with E-state index in [0.717, 1.165) is 23.3 Å². The van der Waals surface area contributed by atoms with E-state index in [1.807, 2.05) is 26.0 Å². The van der Waals surface area contributed by atoms with Gasteiger partial charge in [0.05, 0.1) is 10.8 Å². The standard InChI is InChI=1S/C22H26FN3O5S/c1-15-5-8-19(12-16(15)2)31-14-21(27)24-25-22(28)17-4-3-11-26(13-17)32(29,30)20-9-6-18(23)7-10-20/h5-10,12,17H,3-4,11,13-14H2,1-2H3,(H,24,27)(H,25,28). The number of hydrogen-bond acceptors (Lipinski definition) is 5. The van der Waals surface area contributed by atoms with Crippen molar-refractivity contribution in [2.75, 3.05) is 19.7 Å². The molecule has 2 amide bonds. The largest absolute Gasteiger partial charge is 0.484 e. The second-order valence-electron chi connectivity index (χ2n) is 7.73. The number of carbonyl (C=O) groups excluding carboxylic acids is 2. The molecule has 2 aromatic rings. The van der Waals surface area contributed by atoms with Gasteiger partial charge in [0.25, 0.3) is 5.91 Å². The zero-order valence-electron chi connectivity index (χ0n) is 17.9. The maximum absolute atomic E-state index is 13.1. The van der Waals surface area contributed by atoms with Crippen molar-refractivity contribution in [2.45, 2.75) is 31.6 Å². The molecule has 2 aromatic carbocycles. The number of halogens is 1. The van der Waals surface area contributed by atoms with Gasteiger partial charge in [-0.1, -0.05) is 6.07 Å². The highest BCUT2D eigenvalue weighted by Crippen LogP contribution is 2.24. The smallest absolute Gasteiger partial charge is 0.276 e. The van der Waals surface area contributed by atoms with Crippen molar-refractivity contribution in [3.05, 3.63) is 59.4 Å². The molecule has 0 aromatic heterocycles. The van der Waals surface area contributed by atoms with Crippen molar-refractivity contribution in [1.82, 2.24) is 15.2 Å². The Morgan fingerprint density at radius 2 is 1.81 bits per heavy atom. The van der Waals surface area contributed by atoms with Crippen LogP contribution in [0.3, 0.4) is 0 Å². The number of benzene rings is 2. The van der Waals surface area contributed by atoms with E-state index in [1.165, 1.54) is 16.4 Å². The molecule has 1 aliphatic rings. The molecule has 1 unspecified atom stereocenters. The van der Waals surface area contributed by atoms with Crippen molar-refractivity contribution in [3.63, 3.8) is 0 Å². The van der Waals surface area contributed by atoms with E-state index in [9.17, 15) is 22.4 Å². The topological polar surface area (TPSA) is 105 Å². The Morgan fingerprint density at radius 1 is 1.09 bits per heavy atom. The second-order valence-corrected chi connectivity index (χ2v) is 9.67. The molecule has 8 nitrogen and oxygen atoms in total. The Morgan fingerprint density at radius 3 is 2.50 bits per heavy atom. The minimum absolute atomic E-state index is 0.0272. The lowest BCUT2D eigenvalue weighted by molar-refractivity contribution is -0.132. The number of amides is 2. The zero-order valence-corrected chi connectivity index (χ0v) is 18.7. The summed E-state index contributed by atoms with van der Waals surface area (Å²) in [5.41, 5.74) is 6.78. The second kappa shape index (κ2) is 10.1. The first-order valence-electron chi connectivity index (χ1n) is 10.2. The zero-order chi connectivity index (χ0) is 23.3. The van der Waals surface area contributed by atoms with Gasteiger partial charge in [0, 0.05) is 13.1 Å². The molecule has 1 saturated heterocycles. The van der Waals surface area contributed by atoms with E-state index in [0.29, 0.717) is 18.6 Å². The van der Waals surface area contributed by atoms with E-state index in [1.54, 1.807) is 6.07 Å². The summed E-state index contributed by atoms with van der Waals surface area (Å²) in [4.78, 5) is 24.4. The molecule has 2 N–H and O–H groups in total. The number of piperidine rings is 1. The predicted octanol–water partition coefficient (Wildman–Crippen LogP) is 2.07. The summed E-state index contributed by atoms with van der Waals surface area (Å²) in [6.45, 7) is 3.86. The van der Waals surface area contributed by atoms with Gasteiger partial charge in [-0.15, -0.1) is 0 Å². The van der Waals surface area contributed by atoms with E-state index in [4.69, 9.17) is 4.74 Å². The van der Waals surface area contributed by atoms with Crippen LogP contribution in [0.4, 0.5) is 4.39 Å². The van der Waals surface area contributed by atoms with Crippen molar-refractivity contribution in [3.8, 4) is 5.75 Å². The van der Waals surface area contributed by atoms with Crippen molar-refractivity contribution < 1.29 is 27.1 Å². The lowest BCUT2D eigenvalue weighted by Gasteiger charge is -2.31. The molecule has 3 rings (SSSR count). The molecule has 1 fully saturated rings. The minimum Gasteiger partial charge on any atom is -0.484 e. The molecule has 1 aliphatic heterocycles. The maximum Gasteiger partial charge on any atom is 0.276 e. The van der Waals surface area contributed by atoms with Gasteiger partial charge in [-0.25, -0.2) is 12.8 Å². The third-order valence-corrected chi connectivity index (χ3v) is 7.26. The van der Waals surface area contributed by atoms with Gasteiger partial charge in [-0.05, 0) is 74.2 Å². The quantitative estimate of drug-likeness (QED) is 0.639. The fraction of sp³-hybridized carbons (Fsp3) is 0.364. The van der Waals surface area contributed by atoms with Crippen LogP contribution in [0.1, 0.15) is 24.0 Å². The molecule has 32 heavy (non-hydrogen) atoms. The van der Waals surface area contributed by atoms with Crippen LogP contribution in [0.5, 0.6) is 5.75 Å². The highest BCUT2D eigenvalue weighted by molar-refractivity contribution is 7.89. The first-order valence-corrected chi connectivity index (χ1v) is 11.7. The molecule has 1 heterocycles. The lowest BCUT2D eigenvalue weighted by atomic mass is 9.99. The molecule has 0 bridgehead atoms. The average molecular weight is 464 g/mol. The van der Waals surface area contributed by atoms with Crippen LogP contribution in [0, 0.1) is 25.6 Å². The van der Waals surface area contributed by atoms with Crippen LogP contribution in [-0.2, 0) is 19.6 Å². The third-order valence-electron chi connectivity index (χ3n) is 5.38. The molecular formula is C22H26FN3O5S. The minimum atomic E-state index is -3.84. The molecule has 10 heteroatoms. The first kappa shape index (κ1) is 23.7. The van der Waals surface area contributed by atoms with Crippen LogP contribution >= 0.6 is 0 Å². The summed E-state index contributed by atoms with van der Waals surface area (Å²) in [5, 5.41) is 0. The summed E-state index contributed by atoms with van der Waals surface area (Å²) < 4.78 is 45.3. The summed E-state index contributed by atoms with van der Waals surface area (Å²) in [6, 6.07) is 10.0. The number of ether oxygens (including phenoxy) is 1. The molecular weight excluding hydrogens is 437 g/mol. The fourth-order valence-electron chi connectivity index (χ4n) is 3.35. The van der Waals surface area contributed by atoms with Crippen molar-refractivity contribution >= 4 is 21.8 Å². The van der Waals surface area contributed by atoms with Crippen LogP contribution in [-0.4, -0.2) is 44.2 Å². The molecule has 0 radical (unpaired) electrons. The summed E-state index contributed by atoms with van der Waals surface area (Å²) >= 11 is 0. The van der Waals surface area contributed by atoms with Crippen LogP contribution < -0.4 is 15.6 Å². The van der Waals surface area contributed by atoms with E-state index >= 15 is 0 Å². The summed E-state index contributed by atoms with van der Waals surface area (Å²) in [6.07, 6.45) is 0.971. The van der Waals surface area contributed by atoms with Gasteiger partial charge in [0.15, 0.2) is 6.61 Å². The first-order chi connectivity index (χ1) is 15.2. The van der Waals surface area contributed by atoms with Gasteiger partial charge in [0.1, 0.15) is 11.6 Å². The van der Waals surface area contributed by atoms with Gasteiger partial charge < -0.3 is 4.74 Å². The monoisotopic (exact) mass is 463 g/mol. The molecule has 0 spiro atoms. The number of nitrogens with one attached hydrogen (secondary N) is 2. The lowest BCUT2D eigenvalue weighted by Crippen LogP contribution is -2.50. The average Bonchev–Trinajstić information content (AvgIpc) is 2.78. The van der Waals surface area contributed by atoms with Crippen molar-refractivity contribution in [2.24, 2.45) is 5.92 Å². The third kappa shape index (κ3) is 5.83. The normalized spacial score (nSPS) is 16.9. The molecule has 172 valence electrons. The van der Waals surface area contributed by atoms with E-state index in [2.05, 4.69) is 10.9 Å². The number of hydrazine groups is 1.